The summed E-state index contributed by atoms with van der Waals surface area (Å²) in [5, 5.41) is 9.81. The summed E-state index contributed by atoms with van der Waals surface area (Å²) in [6.07, 6.45) is 5.50. The third-order valence-electron chi connectivity index (χ3n) is 5.44. The van der Waals surface area contributed by atoms with Gasteiger partial charge in [0.05, 0.1) is 17.8 Å². The third kappa shape index (κ3) is 5.72. The zero-order valence-electron chi connectivity index (χ0n) is 17.7. The Morgan fingerprint density at radius 3 is 2.67 bits per heavy atom. The zero-order chi connectivity index (χ0) is 21.4. The van der Waals surface area contributed by atoms with Crippen LogP contribution >= 0.6 is 22.9 Å². The van der Waals surface area contributed by atoms with E-state index in [-0.39, 0.29) is 5.54 Å². The van der Waals surface area contributed by atoms with Gasteiger partial charge in [-0.1, -0.05) is 6.07 Å². The average molecular weight is 451 g/mol. The summed E-state index contributed by atoms with van der Waals surface area (Å²) in [5.41, 5.74) is 3.47. The summed E-state index contributed by atoms with van der Waals surface area (Å²) < 4.78 is 4.72. The Kier molecular flexibility index (Phi) is 8.50. The van der Waals surface area contributed by atoms with E-state index in [4.69, 9.17) is 21.3 Å². The number of hydrogen-bond acceptors (Lipinski definition) is 7. The molecule has 2 aromatic rings. The van der Waals surface area contributed by atoms with E-state index in [0.717, 1.165) is 67.4 Å². The minimum atomic E-state index is -0.116. The second-order valence-electron chi connectivity index (χ2n) is 7.69. The topological polar surface area (TPSA) is 66.5 Å². The van der Waals surface area contributed by atoms with E-state index in [1.807, 2.05) is 25.2 Å². The van der Waals surface area contributed by atoms with E-state index in [9.17, 15) is 4.79 Å². The molecule has 164 valence electrons. The number of carbonyl (C=O) groups is 1. The van der Waals surface area contributed by atoms with Crippen LogP contribution in [0, 0.1) is 0 Å². The Balaban J connectivity index is 0.000000377. The van der Waals surface area contributed by atoms with Gasteiger partial charge in [0, 0.05) is 49.3 Å². The number of benzene rings is 1. The Labute approximate surface area is 188 Å². The number of aldehydes is 1. The van der Waals surface area contributed by atoms with Crippen molar-refractivity contribution in [2.24, 2.45) is 0 Å². The Hall–Kier alpha value is -1.67. The number of thiazole rings is 1. The number of rotatable bonds is 9. The molecule has 4 rings (SSSR count). The van der Waals surface area contributed by atoms with E-state index in [1.54, 1.807) is 18.4 Å². The molecule has 0 unspecified atom stereocenters. The fourth-order valence-corrected chi connectivity index (χ4v) is 4.62. The number of methoxy groups -OCH3 is 1. The number of ether oxygens (including phenoxy) is 1. The molecule has 0 amide bonds. The molecule has 30 heavy (non-hydrogen) atoms. The molecule has 2 aliphatic rings. The van der Waals surface area contributed by atoms with Crippen LogP contribution in [-0.4, -0.2) is 51.7 Å². The van der Waals surface area contributed by atoms with Crippen LogP contribution in [-0.2, 0) is 16.2 Å². The lowest BCUT2D eigenvalue weighted by Gasteiger charge is -2.19. The maximum atomic E-state index is 11.4. The summed E-state index contributed by atoms with van der Waals surface area (Å²) in [5.74, 6) is 0.414. The van der Waals surface area contributed by atoms with Gasteiger partial charge in [0.25, 0.3) is 0 Å². The Morgan fingerprint density at radius 2 is 2.10 bits per heavy atom. The summed E-state index contributed by atoms with van der Waals surface area (Å²) >= 11 is 7.59. The molecule has 0 atom stereocenters. The van der Waals surface area contributed by atoms with Gasteiger partial charge in [0.1, 0.15) is 0 Å². The SMILES string of the molecule is CNCCOC.O=Cc1cc(CCl)ccc1NC1(c2csc(N3CCCC3)n2)CC1. The molecule has 6 nitrogen and oxygen atoms in total. The molecule has 1 saturated carbocycles. The second-order valence-corrected chi connectivity index (χ2v) is 8.79. The summed E-state index contributed by atoms with van der Waals surface area (Å²) in [6, 6.07) is 5.78. The molecule has 8 heteroatoms. The van der Waals surface area contributed by atoms with Crippen LogP contribution in [0.2, 0.25) is 0 Å². The highest BCUT2D eigenvalue weighted by Crippen LogP contribution is 2.49. The van der Waals surface area contributed by atoms with E-state index in [0.29, 0.717) is 11.4 Å². The first-order chi connectivity index (χ1) is 14.7. The van der Waals surface area contributed by atoms with Gasteiger partial charge in [0.15, 0.2) is 11.4 Å². The van der Waals surface area contributed by atoms with Crippen LogP contribution in [0.4, 0.5) is 10.8 Å². The van der Waals surface area contributed by atoms with Crippen LogP contribution in [0.15, 0.2) is 23.6 Å². The molecule has 2 heterocycles. The van der Waals surface area contributed by atoms with Crippen LogP contribution in [0.5, 0.6) is 0 Å². The van der Waals surface area contributed by atoms with Crippen molar-refractivity contribution in [2.75, 3.05) is 50.6 Å². The largest absolute Gasteiger partial charge is 0.383 e. The molecule has 1 aliphatic heterocycles. The Bertz CT molecular complexity index is 815. The number of aromatic nitrogens is 1. The minimum Gasteiger partial charge on any atom is -0.383 e. The molecule has 0 spiro atoms. The highest BCUT2D eigenvalue weighted by atomic mass is 35.5. The number of nitrogens with one attached hydrogen (secondary N) is 2. The summed E-state index contributed by atoms with van der Waals surface area (Å²) in [4.78, 5) is 18.7. The van der Waals surface area contributed by atoms with E-state index in [1.165, 1.54) is 12.8 Å². The smallest absolute Gasteiger partial charge is 0.185 e. The van der Waals surface area contributed by atoms with Gasteiger partial charge < -0.3 is 20.3 Å². The zero-order valence-corrected chi connectivity index (χ0v) is 19.3. The molecule has 2 N–H and O–H groups in total. The number of hydrogen-bond donors (Lipinski definition) is 2. The van der Waals surface area contributed by atoms with Gasteiger partial charge >= 0.3 is 0 Å². The number of halogens is 1. The van der Waals surface area contributed by atoms with Crippen LogP contribution in [0.25, 0.3) is 0 Å². The van der Waals surface area contributed by atoms with Gasteiger partial charge in [-0.25, -0.2) is 4.98 Å². The first-order valence-electron chi connectivity index (χ1n) is 10.4. The molecule has 1 aromatic carbocycles. The van der Waals surface area contributed by atoms with Crippen molar-refractivity contribution >= 4 is 40.0 Å². The van der Waals surface area contributed by atoms with Crippen molar-refractivity contribution in [2.45, 2.75) is 37.1 Å². The van der Waals surface area contributed by atoms with Crippen LogP contribution in [0.3, 0.4) is 0 Å². The maximum absolute atomic E-state index is 11.4. The summed E-state index contributed by atoms with van der Waals surface area (Å²) in [7, 11) is 3.59. The van der Waals surface area contributed by atoms with Crippen molar-refractivity contribution in [1.29, 1.82) is 0 Å². The van der Waals surface area contributed by atoms with Crippen molar-refractivity contribution < 1.29 is 9.53 Å². The first kappa shape index (κ1) is 23.0. The monoisotopic (exact) mass is 450 g/mol. The number of likely N-dealkylation sites (N-methyl/N-ethyl adjacent to an activating group) is 1. The average Bonchev–Trinajstić information content (AvgIpc) is 3.16. The lowest BCUT2D eigenvalue weighted by Crippen LogP contribution is -2.21. The van der Waals surface area contributed by atoms with Gasteiger partial charge in [-0.3, -0.25) is 4.79 Å². The normalized spacial score (nSPS) is 16.7. The first-order valence-corrected chi connectivity index (χ1v) is 11.8. The number of alkyl halides is 1. The fraction of sp³-hybridized carbons (Fsp3) is 0.545. The second kappa shape index (κ2) is 11.1. The van der Waals surface area contributed by atoms with Crippen molar-refractivity contribution in [3.63, 3.8) is 0 Å². The fourth-order valence-electron chi connectivity index (χ4n) is 3.48. The predicted molar refractivity (Wildman–Crippen MR) is 125 cm³/mol. The van der Waals surface area contributed by atoms with Crippen molar-refractivity contribution in [3.05, 3.63) is 40.4 Å². The van der Waals surface area contributed by atoms with Gasteiger partial charge in [-0.05, 0) is 50.4 Å². The molecule has 1 aliphatic carbocycles. The molecule has 1 saturated heterocycles. The molecule has 2 fully saturated rings. The summed E-state index contributed by atoms with van der Waals surface area (Å²) in [6.45, 7) is 3.97. The third-order valence-corrected chi connectivity index (χ3v) is 6.65. The molecule has 0 bridgehead atoms. The van der Waals surface area contributed by atoms with Crippen molar-refractivity contribution in [1.82, 2.24) is 10.3 Å². The highest BCUT2D eigenvalue weighted by molar-refractivity contribution is 7.13. The minimum absolute atomic E-state index is 0.116. The van der Waals surface area contributed by atoms with Gasteiger partial charge in [-0.2, -0.15) is 0 Å². The molecular weight excluding hydrogens is 420 g/mol. The predicted octanol–water partition coefficient (Wildman–Crippen LogP) is 4.25. The molecule has 0 radical (unpaired) electrons. The quantitative estimate of drug-likeness (QED) is 0.338. The van der Waals surface area contributed by atoms with E-state index in [2.05, 4.69) is 20.9 Å². The van der Waals surface area contributed by atoms with E-state index < -0.39 is 0 Å². The van der Waals surface area contributed by atoms with Crippen molar-refractivity contribution in [3.8, 4) is 0 Å². The highest BCUT2D eigenvalue weighted by Gasteiger charge is 2.47. The van der Waals surface area contributed by atoms with Gasteiger partial charge in [-0.15, -0.1) is 22.9 Å². The molecule has 1 aromatic heterocycles. The standard InChI is InChI=1S/C18H20ClN3OS.C4H11NO/c19-10-13-3-4-15(14(9-13)11-23)21-18(5-6-18)16-12-24-17(20-16)22-7-1-2-8-22;1-5-3-4-6-2/h3-4,9,11-12,21H,1-2,5-8,10H2;5H,3-4H2,1-2H3. The van der Waals surface area contributed by atoms with Crippen LogP contribution in [0.1, 0.15) is 47.3 Å². The van der Waals surface area contributed by atoms with Gasteiger partial charge in [0.2, 0.25) is 0 Å². The molecular formula is C22H31ClN4O2S. The van der Waals surface area contributed by atoms with E-state index >= 15 is 0 Å². The number of nitrogens with zero attached hydrogens (tertiary/aromatic N) is 2. The lowest BCUT2D eigenvalue weighted by molar-refractivity contribution is 0.112. The lowest BCUT2D eigenvalue weighted by atomic mass is 10.1. The number of anilines is 2. The van der Waals surface area contributed by atoms with Crippen LogP contribution < -0.4 is 15.5 Å². The Morgan fingerprint density at radius 1 is 1.33 bits per heavy atom. The number of carbonyl (C=O) groups excluding carboxylic acids is 1. The maximum Gasteiger partial charge on any atom is 0.185 e.